The van der Waals surface area contributed by atoms with E-state index in [2.05, 4.69) is 10.5 Å². The van der Waals surface area contributed by atoms with Crippen molar-refractivity contribution in [3.8, 4) is 0 Å². The molecule has 0 aromatic heterocycles. The minimum absolute atomic E-state index is 0.0292. The van der Waals surface area contributed by atoms with Crippen LogP contribution < -0.4 is 11.1 Å². The maximum Gasteiger partial charge on any atom is 0.226 e. The summed E-state index contributed by atoms with van der Waals surface area (Å²) in [5.74, 6) is 0.0981. The van der Waals surface area contributed by atoms with Gasteiger partial charge < -0.3 is 16.3 Å². The van der Waals surface area contributed by atoms with Crippen LogP contribution in [0.2, 0.25) is 0 Å². The molecular weight excluding hydrogens is 230 g/mol. The quantitative estimate of drug-likeness (QED) is 0.311. The van der Waals surface area contributed by atoms with Crippen molar-refractivity contribution in [1.82, 2.24) is 5.32 Å². The molecule has 0 heterocycles. The molecule has 1 aliphatic rings. The SMILES string of the molecule is CCC(C)(C)C(=O)NC1(C(N)=NO)CCCCC1. The maximum absolute atomic E-state index is 12.3. The van der Waals surface area contributed by atoms with Gasteiger partial charge >= 0.3 is 0 Å². The lowest BCUT2D eigenvalue weighted by Crippen LogP contribution is -2.60. The van der Waals surface area contributed by atoms with Gasteiger partial charge in [-0.1, -0.05) is 45.2 Å². The van der Waals surface area contributed by atoms with Crippen LogP contribution in [0.5, 0.6) is 0 Å². The zero-order valence-corrected chi connectivity index (χ0v) is 11.6. The van der Waals surface area contributed by atoms with Gasteiger partial charge in [-0.15, -0.1) is 0 Å². The molecule has 0 aliphatic heterocycles. The highest BCUT2D eigenvalue weighted by atomic mass is 16.4. The summed E-state index contributed by atoms with van der Waals surface area (Å²) >= 11 is 0. The Labute approximate surface area is 109 Å². The first-order valence-electron chi connectivity index (χ1n) is 6.68. The number of nitrogens with zero attached hydrogens (tertiary/aromatic N) is 1. The van der Waals surface area contributed by atoms with E-state index in [9.17, 15) is 4.79 Å². The van der Waals surface area contributed by atoms with Crippen LogP contribution >= 0.6 is 0 Å². The molecule has 5 heteroatoms. The van der Waals surface area contributed by atoms with Gasteiger partial charge in [-0.05, 0) is 19.3 Å². The lowest BCUT2D eigenvalue weighted by molar-refractivity contribution is -0.131. The van der Waals surface area contributed by atoms with Crippen molar-refractivity contribution in [2.45, 2.75) is 64.8 Å². The summed E-state index contributed by atoms with van der Waals surface area (Å²) in [6, 6.07) is 0. The Hall–Kier alpha value is -1.26. The Bertz CT molecular complexity index is 331. The summed E-state index contributed by atoms with van der Waals surface area (Å²) in [5.41, 5.74) is 4.71. The molecule has 0 aromatic carbocycles. The average molecular weight is 255 g/mol. The molecule has 0 spiro atoms. The summed E-state index contributed by atoms with van der Waals surface area (Å²) in [5, 5.41) is 15.1. The van der Waals surface area contributed by atoms with Crippen molar-refractivity contribution in [2.75, 3.05) is 0 Å². The van der Waals surface area contributed by atoms with E-state index in [0.717, 1.165) is 38.5 Å². The van der Waals surface area contributed by atoms with Crippen LogP contribution in [-0.2, 0) is 4.79 Å². The van der Waals surface area contributed by atoms with Crippen molar-refractivity contribution in [2.24, 2.45) is 16.3 Å². The number of nitrogens with two attached hydrogens (primary N) is 1. The normalized spacial score (nSPS) is 20.5. The average Bonchev–Trinajstić information content (AvgIpc) is 2.38. The van der Waals surface area contributed by atoms with E-state index in [-0.39, 0.29) is 11.7 Å². The van der Waals surface area contributed by atoms with Gasteiger partial charge in [-0.25, -0.2) is 0 Å². The van der Waals surface area contributed by atoms with Crippen LogP contribution in [0.4, 0.5) is 0 Å². The highest BCUT2D eigenvalue weighted by molar-refractivity contribution is 5.95. The van der Waals surface area contributed by atoms with Crippen molar-refractivity contribution >= 4 is 11.7 Å². The minimum atomic E-state index is -0.656. The number of oxime groups is 1. The third-order valence-corrected chi connectivity index (χ3v) is 4.16. The van der Waals surface area contributed by atoms with Crippen LogP contribution in [0.15, 0.2) is 5.16 Å². The van der Waals surface area contributed by atoms with Crippen LogP contribution in [0.3, 0.4) is 0 Å². The largest absolute Gasteiger partial charge is 0.409 e. The number of hydrogen-bond donors (Lipinski definition) is 3. The Balaban J connectivity index is 2.89. The predicted octanol–water partition coefficient (Wildman–Crippen LogP) is 1.99. The third-order valence-electron chi connectivity index (χ3n) is 4.16. The number of nitrogens with one attached hydrogen (secondary N) is 1. The molecule has 1 amide bonds. The lowest BCUT2D eigenvalue weighted by atomic mass is 9.79. The molecule has 0 atom stereocenters. The van der Waals surface area contributed by atoms with Crippen LogP contribution in [0.25, 0.3) is 0 Å². The van der Waals surface area contributed by atoms with Crippen molar-refractivity contribution < 1.29 is 10.0 Å². The number of rotatable bonds is 4. The first-order chi connectivity index (χ1) is 8.38. The topological polar surface area (TPSA) is 87.7 Å². The highest BCUT2D eigenvalue weighted by Crippen LogP contribution is 2.30. The highest BCUT2D eigenvalue weighted by Gasteiger charge is 2.40. The van der Waals surface area contributed by atoms with Crippen molar-refractivity contribution in [3.63, 3.8) is 0 Å². The molecule has 4 N–H and O–H groups in total. The summed E-state index contributed by atoms with van der Waals surface area (Å²) in [4.78, 5) is 12.3. The third kappa shape index (κ3) is 2.94. The summed E-state index contributed by atoms with van der Waals surface area (Å²) < 4.78 is 0. The summed E-state index contributed by atoms with van der Waals surface area (Å²) in [6.07, 6.45) is 5.35. The van der Waals surface area contributed by atoms with E-state index in [1.807, 2.05) is 20.8 Å². The number of amidine groups is 1. The van der Waals surface area contributed by atoms with E-state index in [1.165, 1.54) is 0 Å². The first kappa shape index (κ1) is 14.8. The number of carbonyl (C=O) groups excluding carboxylic acids is 1. The monoisotopic (exact) mass is 255 g/mol. The maximum atomic E-state index is 12.3. The van der Waals surface area contributed by atoms with Gasteiger partial charge in [0.25, 0.3) is 0 Å². The molecule has 5 nitrogen and oxygen atoms in total. The van der Waals surface area contributed by atoms with Crippen molar-refractivity contribution in [1.29, 1.82) is 0 Å². The minimum Gasteiger partial charge on any atom is -0.409 e. The summed E-state index contributed by atoms with van der Waals surface area (Å²) in [7, 11) is 0. The fourth-order valence-electron chi connectivity index (χ4n) is 2.24. The lowest BCUT2D eigenvalue weighted by Gasteiger charge is -2.39. The molecule has 0 unspecified atom stereocenters. The van der Waals surface area contributed by atoms with E-state index >= 15 is 0 Å². The molecule has 1 saturated carbocycles. The molecule has 0 aromatic rings. The van der Waals surface area contributed by atoms with Gasteiger partial charge in [0.1, 0.15) is 5.54 Å². The zero-order valence-electron chi connectivity index (χ0n) is 11.6. The molecular formula is C13H25N3O2. The molecule has 1 rings (SSSR count). The fourth-order valence-corrected chi connectivity index (χ4v) is 2.24. The van der Waals surface area contributed by atoms with Crippen LogP contribution in [0, 0.1) is 5.41 Å². The Morgan fingerprint density at radius 1 is 1.39 bits per heavy atom. The van der Waals surface area contributed by atoms with Crippen molar-refractivity contribution in [3.05, 3.63) is 0 Å². The number of hydrogen-bond acceptors (Lipinski definition) is 3. The van der Waals surface area contributed by atoms with Gasteiger partial charge in [-0.3, -0.25) is 4.79 Å². The second-order valence-corrected chi connectivity index (χ2v) is 5.82. The molecule has 0 bridgehead atoms. The smallest absolute Gasteiger partial charge is 0.226 e. The summed E-state index contributed by atoms with van der Waals surface area (Å²) in [6.45, 7) is 5.80. The van der Waals surface area contributed by atoms with Crippen LogP contribution in [0.1, 0.15) is 59.3 Å². The van der Waals surface area contributed by atoms with Crippen LogP contribution in [-0.4, -0.2) is 22.5 Å². The molecule has 1 fully saturated rings. The Morgan fingerprint density at radius 2 is 1.94 bits per heavy atom. The van der Waals surface area contributed by atoms with E-state index in [4.69, 9.17) is 10.9 Å². The molecule has 0 radical (unpaired) electrons. The Kier molecular flexibility index (Phi) is 4.59. The molecule has 1 aliphatic carbocycles. The van der Waals surface area contributed by atoms with E-state index < -0.39 is 11.0 Å². The van der Waals surface area contributed by atoms with Gasteiger partial charge in [0.15, 0.2) is 5.84 Å². The van der Waals surface area contributed by atoms with Gasteiger partial charge in [-0.2, -0.15) is 0 Å². The van der Waals surface area contributed by atoms with E-state index in [1.54, 1.807) is 0 Å². The van der Waals surface area contributed by atoms with E-state index in [0.29, 0.717) is 0 Å². The molecule has 104 valence electrons. The second-order valence-electron chi connectivity index (χ2n) is 5.82. The zero-order chi connectivity index (χ0) is 13.8. The Morgan fingerprint density at radius 3 is 2.39 bits per heavy atom. The fraction of sp³-hybridized carbons (Fsp3) is 0.846. The number of amides is 1. The first-order valence-corrected chi connectivity index (χ1v) is 6.68. The predicted molar refractivity (Wildman–Crippen MR) is 71.4 cm³/mol. The van der Waals surface area contributed by atoms with Gasteiger partial charge in [0, 0.05) is 5.41 Å². The molecule has 0 saturated heterocycles. The molecule has 18 heavy (non-hydrogen) atoms. The van der Waals surface area contributed by atoms with Gasteiger partial charge in [0.05, 0.1) is 0 Å². The number of carbonyl (C=O) groups is 1. The second kappa shape index (κ2) is 5.59. The standard InChI is InChI=1S/C13H25N3O2/c1-4-12(2,3)11(17)15-13(10(14)16-18)8-6-5-7-9-13/h18H,4-9H2,1-3H3,(H2,14,16)(H,15,17). The van der Waals surface area contributed by atoms with Gasteiger partial charge in [0.2, 0.25) is 5.91 Å².